The van der Waals surface area contributed by atoms with Crippen molar-refractivity contribution < 1.29 is 9.13 Å². The van der Waals surface area contributed by atoms with E-state index in [1.165, 1.54) is 7.11 Å². The maximum absolute atomic E-state index is 14.0. The van der Waals surface area contributed by atoms with Crippen molar-refractivity contribution in [2.75, 3.05) is 13.7 Å². The molecule has 0 aromatic heterocycles. The largest absolute Gasteiger partial charge is 0.494 e. The number of halogens is 1. The van der Waals surface area contributed by atoms with E-state index >= 15 is 0 Å². The summed E-state index contributed by atoms with van der Waals surface area (Å²) in [5, 5.41) is 3.39. The minimum absolute atomic E-state index is 0.228. The van der Waals surface area contributed by atoms with Gasteiger partial charge in [0.15, 0.2) is 11.6 Å². The molecule has 1 atom stereocenters. The van der Waals surface area contributed by atoms with Crippen LogP contribution in [0, 0.1) is 5.82 Å². The van der Waals surface area contributed by atoms with Gasteiger partial charge in [-0.15, -0.1) is 0 Å². The third-order valence-electron chi connectivity index (χ3n) is 2.86. The average molecular weight is 239 g/mol. The molecule has 0 radical (unpaired) electrons. The molecule has 0 aliphatic heterocycles. The summed E-state index contributed by atoms with van der Waals surface area (Å²) in [5.74, 6) is 0.100. The fourth-order valence-electron chi connectivity index (χ4n) is 2.05. The van der Waals surface area contributed by atoms with Gasteiger partial charge in [0.25, 0.3) is 0 Å². The first-order valence-corrected chi connectivity index (χ1v) is 6.27. The number of benzene rings is 1. The summed E-state index contributed by atoms with van der Waals surface area (Å²) in [6.07, 6.45) is 2.87. The fourth-order valence-corrected chi connectivity index (χ4v) is 2.05. The van der Waals surface area contributed by atoms with Crippen LogP contribution in [0.4, 0.5) is 4.39 Å². The minimum Gasteiger partial charge on any atom is -0.494 e. The zero-order chi connectivity index (χ0) is 12.7. The summed E-state index contributed by atoms with van der Waals surface area (Å²) < 4.78 is 19.0. The second kappa shape index (κ2) is 7.28. The molecule has 96 valence electrons. The van der Waals surface area contributed by atoms with Gasteiger partial charge in [0, 0.05) is 6.04 Å². The molecule has 0 aliphatic carbocycles. The maximum atomic E-state index is 14.0. The van der Waals surface area contributed by atoms with E-state index in [9.17, 15) is 4.39 Å². The van der Waals surface area contributed by atoms with Gasteiger partial charge in [-0.3, -0.25) is 0 Å². The second-order valence-corrected chi connectivity index (χ2v) is 4.18. The maximum Gasteiger partial charge on any atom is 0.168 e. The van der Waals surface area contributed by atoms with Gasteiger partial charge in [0.2, 0.25) is 0 Å². The van der Waals surface area contributed by atoms with Crippen LogP contribution in [0.5, 0.6) is 5.75 Å². The van der Waals surface area contributed by atoms with E-state index in [1.807, 2.05) is 12.1 Å². The Labute approximate surface area is 103 Å². The summed E-state index contributed by atoms with van der Waals surface area (Å²) in [7, 11) is 1.50. The summed E-state index contributed by atoms with van der Waals surface area (Å²) in [4.78, 5) is 0. The number of ether oxygens (including phenoxy) is 1. The zero-order valence-corrected chi connectivity index (χ0v) is 10.9. The third-order valence-corrected chi connectivity index (χ3v) is 2.86. The molecule has 0 spiro atoms. The molecule has 0 saturated carbocycles. The molecule has 3 heteroatoms. The van der Waals surface area contributed by atoms with Crippen LogP contribution in [0.15, 0.2) is 18.2 Å². The lowest BCUT2D eigenvalue weighted by atomic mass is 10.0. The van der Waals surface area contributed by atoms with E-state index in [0.29, 0.717) is 18.2 Å². The smallest absolute Gasteiger partial charge is 0.168 e. The minimum atomic E-state index is -0.228. The Morgan fingerprint density at radius 1 is 1.35 bits per heavy atom. The highest BCUT2D eigenvalue weighted by molar-refractivity contribution is 5.31. The second-order valence-electron chi connectivity index (χ2n) is 4.18. The van der Waals surface area contributed by atoms with Crippen molar-refractivity contribution >= 4 is 0 Å². The molecule has 1 aromatic rings. The lowest BCUT2D eigenvalue weighted by Gasteiger charge is -2.18. The Hall–Kier alpha value is -1.09. The van der Waals surface area contributed by atoms with Gasteiger partial charge in [0.05, 0.1) is 7.11 Å². The lowest BCUT2D eigenvalue weighted by Crippen LogP contribution is -2.31. The van der Waals surface area contributed by atoms with Crippen LogP contribution < -0.4 is 10.1 Å². The predicted octanol–water partition coefficient (Wildman–Crippen LogP) is 3.16. The highest BCUT2D eigenvalue weighted by atomic mass is 19.1. The highest BCUT2D eigenvalue weighted by Crippen LogP contribution is 2.21. The van der Waals surface area contributed by atoms with Gasteiger partial charge in [-0.25, -0.2) is 4.39 Å². The van der Waals surface area contributed by atoms with Gasteiger partial charge >= 0.3 is 0 Å². The summed E-state index contributed by atoms with van der Waals surface area (Å²) >= 11 is 0. The van der Waals surface area contributed by atoms with Crippen LogP contribution in [-0.4, -0.2) is 19.7 Å². The van der Waals surface area contributed by atoms with Crippen LogP contribution in [0.2, 0.25) is 0 Å². The molecule has 0 bridgehead atoms. The Kier molecular flexibility index (Phi) is 5.98. The van der Waals surface area contributed by atoms with E-state index in [-0.39, 0.29) is 5.82 Å². The van der Waals surface area contributed by atoms with Gasteiger partial charge in [0.1, 0.15) is 0 Å². The Morgan fingerprint density at radius 2 is 2.12 bits per heavy atom. The van der Waals surface area contributed by atoms with Crippen molar-refractivity contribution in [3.05, 3.63) is 29.6 Å². The molecule has 1 unspecified atom stereocenters. The van der Waals surface area contributed by atoms with Gasteiger partial charge in [-0.05, 0) is 31.0 Å². The normalized spacial score (nSPS) is 12.5. The number of hydrogen-bond acceptors (Lipinski definition) is 2. The van der Waals surface area contributed by atoms with E-state index in [0.717, 1.165) is 24.9 Å². The first-order valence-electron chi connectivity index (χ1n) is 6.27. The molecule has 1 aromatic carbocycles. The van der Waals surface area contributed by atoms with Crippen molar-refractivity contribution in [1.82, 2.24) is 5.32 Å². The molecule has 0 aliphatic rings. The summed E-state index contributed by atoms with van der Waals surface area (Å²) in [5.41, 5.74) is 0.726. The van der Waals surface area contributed by atoms with Crippen LogP contribution in [0.25, 0.3) is 0 Å². The molecule has 1 N–H and O–H groups in total. The molecule has 17 heavy (non-hydrogen) atoms. The molecule has 0 fully saturated rings. The number of hydrogen-bond donors (Lipinski definition) is 1. The monoisotopic (exact) mass is 239 g/mol. The number of nitrogens with one attached hydrogen (secondary N) is 1. The predicted molar refractivity (Wildman–Crippen MR) is 69.0 cm³/mol. The van der Waals surface area contributed by atoms with Gasteiger partial charge in [-0.2, -0.15) is 0 Å². The Morgan fingerprint density at radius 3 is 2.71 bits per heavy atom. The number of rotatable bonds is 7. The number of likely N-dealkylation sites (N-methyl/N-ethyl adjacent to an activating group) is 1. The number of methoxy groups -OCH3 is 1. The van der Waals surface area contributed by atoms with E-state index in [1.54, 1.807) is 6.07 Å². The molecule has 1 rings (SSSR count). The van der Waals surface area contributed by atoms with Gasteiger partial charge < -0.3 is 10.1 Å². The molecule has 0 heterocycles. The van der Waals surface area contributed by atoms with Crippen LogP contribution >= 0.6 is 0 Å². The van der Waals surface area contributed by atoms with Crippen molar-refractivity contribution in [3.8, 4) is 5.75 Å². The average Bonchev–Trinajstić information content (AvgIpc) is 2.32. The molecular formula is C14H22FNO. The summed E-state index contributed by atoms with van der Waals surface area (Å²) in [6.45, 7) is 5.13. The zero-order valence-electron chi connectivity index (χ0n) is 10.9. The highest BCUT2D eigenvalue weighted by Gasteiger charge is 2.13. The Bertz CT molecular complexity index is 335. The topological polar surface area (TPSA) is 21.3 Å². The molecule has 0 amide bonds. The molecule has 0 saturated heterocycles. The van der Waals surface area contributed by atoms with Crippen molar-refractivity contribution in [2.45, 2.75) is 39.2 Å². The van der Waals surface area contributed by atoms with Crippen LogP contribution in [-0.2, 0) is 6.42 Å². The van der Waals surface area contributed by atoms with Crippen LogP contribution in [0.1, 0.15) is 32.3 Å². The fraction of sp³-hybridized carbons (Fsp3) is 0.571. The lowest BCUT2D eigenvalue weighted by molar-refractivity contribution is 0.381. The first-order chi connectivity index (χ1) is 8.22. The van der Waals surface area contributed by atoms with Crippen LogP contribution in [0.3, 0.4) is 0 Å². The first kappa shape index (κ1) is 14.0. The summed E-state index contributed by atoms with van der Waals surface area (Å²) in [6, 6.07) is 5.66. The Balaban J connectivity index is 2.77. The van der Waals surface area contributed by atoms with Crippen molar-refractivity contribution in [1.29, 1.82) is 0 Å². The SMILES string of the molecule is CCCC(Cc1cccc(OC)c1F)NCC. The molecule has 2 nitrogen and oxygen atoms in total. The quantitative estimate of drug-likeness (QED) is 0.789. The van der Waals surface area contributed by atoms with E-state index < -0.39 is 0 Å². The van der Waals surface area contributed by atoms with E-state index in [2.05, 4.69) is 19.2 Å². The third kappa shape index (κ3) is 4.00. The van der Waals surface area contributed by atoms with Gasteiger partial charge in [-0.1, -0.05) is 32.4 Å². The van der Waals surface area contributed by atoms with Crippen molar-refractivity contribution in [3.63, 3.8) is 0 Å². The van der Waals surface area contributed by atoms with Crippen molar-refractivity contribution in [2.24, 2.45) is 0 Å². The molecular weight excluding hydrogens is 217 g/mol. The standard InChI is InChI=1S/C14H22FNO/c1-4-7-12(16-5-2)10-11-8-6-9-13(17-3)14(11)15/h6,8-9,12,16H,4-5,7,10H2,1-3H3. The van der Waals surface area contributed by atoms with E-state index in [4.69, 9.17) is 4.74 Å².